The Morgan fingerprint density at radius 1 is 1.33 bits per heavy atom. The molecule has 2 aliphatic carbocycles. The Balaban J connectivity index is 1.54. The molecule has 0 aromatic heterocycles. The van der Waals surface area contributed by atoms with Gasteiger partial charge in [0.1, 0.15) is 0 Å². The quantitative estimate of drug-likeness (QED) is 0.751. The van der Waals surface area contributed by atoms with Crippen LogP contribution in [0.3, 0.4) is 0 Å². The summed E-state index contributed by atoms with van der Waals surface area (Å²) < 4.78 is 0. The van der Waals surface area contributed by atoms with E-state index >= 15 is 0 Å². The molecule has 4 nitrogen and oxygen atoms in total. The zero-order chi connectivity index (χ0) is 14.9. The minimum Gasteiger partial charge on any atom is -0.394 e. The van der Waals surface area contributed by atoms with Gasteiger partial charge in [0.2, 0.25) is 0 Å². The van der Waals surface area contributed by atoms with E-state index in [4.69, 9.17) is 0 Å². The van der Waals surface area contributed by atoms with Crippen molar-refractivity contribution in [3.8, 4) is 0 Å². The Bertz CT molecular complexity index is 509. The third-order valence-electron chi connectivity index (χ3n) is 5.03. The van der Waals surface area contributed by atoms with Gasteiger partial charge in [-0.25, -0.2) is 4.79 Å². The Kier molecular flexibility index (Phi) is 3.66. The summed E-state index contributed by atoms with van der Waals surface area (Å²) in [5.41, 5.74) is 0.943. The van der Waals surface area contributed by atoms with Crippen molar-refractivity contribution in [2.45, 2.75) is 43.6 Å². The lowest BCUT2D eigenvalue weighted by Crippen LogP contribution is -2.54. The molecule has 1 aromatic rings. The zero-order valence-electron chi connectivity index (χ0n) is 12.6. The van der Waals surface area contributed by atoms with E-state index in [2.05, 4.69) is 22.8 Å². The third-order valence-corrected chi connectivity index (χ3v) is 5.03. The van der Waals surface area contributed by atoms with Crippen LogP contribution in [-0.4, -0.2) is 29.8 Å². The third kappa shape index (κ3) is 3.05. The number of urea groups is 1. The Labute approximate surface area is 125 Å². The molecule has 0 aliphatic heterocycles. The van der Waals surface area contributed by atoms with E-state index in [9.17, 15) is 9.90 Å². The number of amides is 2. The van der Waals surface area contributed by atoms with Crippen molar-refractivity contribution in [3.63, 3.8) is 0 Å². The summed E-state index contributed by atoms with van der Waals surface area (Å²) in [6, 6.07) is 10.2. The van der Waals surface area contributed by atoms with Crippen LogP contribution in [0.15, 0.2) is 30.3 Å². The van der Waals surface area contributed by atoms with E-state index < -0.39 is 5.54 Å². The molecule has 1 atom stereocenters. The molecular weight excluding hydrogens is 264 g/mol. The van der Waals surface area contributed by atoms with Gasteiger partial charge in [-0.3, -0.25) is 0 Å². The standard InChI is InChI=1S/C17H24N2O2/c1-16(12-20,13-7-8-13)19-15(21)18-11-17(9-10-17)14-5-3-2-4-6-14/h2-6,13,20H,7-12H2,1H3,(H2,18,19,21). The van der Waals surface area contributed by atoms with E-state index in [1.165, 1.54) is 5.56 Å². The first-order chi connectivity index (χ1) is 10.1. The maximum atomic E-state index is 12.1. The van der Waals surface area contributed by atoms with Crippen molar-refractivity contribution < 1.29 is 9.90 Å². The topological polar surface area (TPSA) is 61.4 Å². The number of benzene rings is 1. The second kappa shape index (κ2) is 5.34. The highest BCUT2D eigenvalue weighted by atomic mass is 16.3. The van der Waals surface area contributed by atoms with Crippen molar-refractivity contribution in [1.82, 2.24) is 10.6 Å². The van der Waals surface area contributed by atoms with Gasteiger partial charge in [-0.05, 0) is 44.1 Å². The lowest BCUT2D eigenvalue weighted by atomic mass is 9.96. The van der Waals surface area contributed by atoms with E-state index in [1.807, 2.05) is 25.1 Å². The van der Waals surface area contributed by atoms with Crippen molar-refractivity contribution in [3.05, 3.63) is 35.9 Å². The summed E-state index contributed by atoms with van der Waals surface area (Å²) in [5.74, 6) is 0.414. The van der Waals surface area contributed by atoms with Gasteiger partial charge in [0, 0.05) is 12.0 Å². The highest BCUT2D eigenvalue weighted by Gasteiger charge is 2.45. The maximum absolute atomic E-state index is 12.1. The van der Waals surface area contributed by atoms with Crippen LogP contribution in [-0.2, 0) is 5.41 Å². The molecule has 1 aromatic carbocycles. The molecule has 21 heavy (non-hydrogen) atoms. The highest BCUT2D eigenvalue weighted by molar-refractivity contribution is 5.75. The fraction of sp³-hybridized carbons (Fsp3) is 0.588. The van der Waals surface area contributed by atoms with Crippen molar-refractivity contribution in [2.75, 3.05) is 13.2 Å². The SMILES string of the molecule is CC(CO)(NC(=O)NCC1(c2ccccc2)CC1)C1CC1. The van der Waals surface area contributed by atoms with Crippen LogP contribution >= 0.6 is 0 Å². The monoisotopic (exact) mass is 288 g/mol. The predicted molar refractivity (Wildman–Crippen MR) is 82.1 cm³/mol. The number of rotatable bonds is 6. The van der Waals surface area contributed by atoms with E-state index in [1.54, 1.807) is 0 Å². The summed E-state index contributed by atoms with van der Waals surface area (Å²) in [4.78, 5) is 12.1. The lowest BCUT2D eigenvalue weighted by Gasteiger charge is -2.29. The lowest BCUT2D eigenvalue weighted by molar-refractivity contribution is 0.155. The van der Waals surface area contributed by atoms with Crippen LogP contribution in [0.2, 0.25) is 0 Å². The molecule has 2 fully saturated rings. The number of hydrogen-bond donors (Lipinski definition) is 3. The Morgan fingerprint density at radius 3 is 2.52 bits per heavy atom. The molecule has 2 amide bonds. The van der Waals surface area contributed by atoms with Crippen molar-refractivity contribution in [1.29, 1.82) is 0 Å². The molecular formula is C17H24N2O2. The summed E-state index contributed by atoms with van der Waals surface area (Å²) in [6.45, 7) is 2.58. The van der Waals surface area contributed by atoms with Gasteiger partial charge in [0.15, 0.2) is 0 Å². The molecule has 0 radical (unpaired) electrons. The van der Waals surface area contributed by atoms with Crippen LogP contribution in [0.1, 0.15) is 38.2 Å². The first-order valence-electron chi connectivity index (χ1n) is 7.80. The van der Waals surface area contributed by atoms with E-state index in [-0.39, 0.29) is 18.1 Å². The minimum absolute atomic E-state index is 0.00504. The minimum atomic E-state index is -0.479. The van der Waals surface area contributed by atoms with Gasteiger partial charge in [-0.1, -0.05) is 30.3 Å². The van der Waals surface area contributed by atoms with Crippen molar-refractivity contribution >= 4 is 6.03 Å². The number of aliphatic hydroxyl groups is 1. The van der Waals surface area contributed by atoms with Crippen LogP contribution in [0.25, 0.3) is 0 Å². The number of nitrogens with one attached hydrogen (secondary N) is 2. The summed E-state index contributed by atoms with van der Waals surface area (Å²) in [7, 11) is 0. The number of carbonyl (C=O) groups excluding carboxylic acids is 1. The molecule has 1 unspecified atom stereocenters. The first kappa shape index (κ1) is 14.4. The van der Waals surface area contributed by atoms with Crippen LogP contribution in [0, 0.1) is 5.92 Å². The molecule has 114 valence electrons. The second-order valence-corrected chi connectivity index (χ2v) is 6.80. The first-order valence-corrected chi connectivity index (χ1v) is 7.80. The Hall–Kier alpha value is -1.55. The predicted octanol–water partition coefficient (Wildman–Crippen LogP) is 2.18. The molecule has 4 heteroatoms. The number of aliphatic hydroxyl groups excluding tert-OH is 1. The van der Waals surface area contributed by atoms with E-state index in [0.717, 1.165) is 25.7 Å². The molecule has 0 spiro atoms. The summed E-state index contributed by atoms with van der Waals surface area (Å²) in [5, 5.41) is 15.5. The van der Waals surface area contributed by atoms with Crippen LogP contribution in [0.5, 0.6) is 0 Å². The fourth-order valence-corrected chi connectivity index (χ4v) is 3.05. The molecule has 0 saturated heterocycles. The van der Waals surface area contributed by atoms with Crippen molar-refractivity contribution in [2.24, 2.45) is 5.92 Å². The van der Waals surface area contributed by atoms with E-state index in [0.29, 0.717) is 12.5 Å². The average Bonchev–Trinajstić information content (AvgIpc) is 3.40. The second-order valence-electron chi connectivity index (χ2n) is 6.80. The fourth-order valence-electron chi connectivity index (χ4n) is 3.05. The highest BCUT2D eigenvalue weighted by Crippen LogP contribution is 2.47. The molecule has 0 bridgehead atoms. The zero-order valence-corrected chi connectivity index (χ0v) is 12.6. The largest absolute Gasteiger partial charge is 0.394 e. The Morgan fingerprint density at radius 2 is 2.00 bits per heavy atom. The molecule has 2 aliphatic rings. The van der Waals surface area contributed by atoms with Gasteiger partial charge in [-0.15, -0.1) is 0 Å². The van der Waals surface area contributed by atoms with Gasteiger partial charge >= 0.3 is 6.03 Å². The van der Waals surface area contributed by atoms with Gasteiger partial charge < -0.3 is 15.7 Å². The summed E-state index contributed by atoms with van der Waals surface area (Å²) >= 11 is 0. The maximum Gasteiger partial charge on any atom is 0.315 e. The number of carbonyl (C=O) groups is 1. The summed E-state index contributed by atoms with van der Waals surface area (Å²) in [6.07, 6.45) is 4.42. The van der Waals surface area contributed by atoms with Gasteiger partial charge in [0.25, 0.3) is 0 Å². The van der Waals surface area contributed by atoms with Gasteiger partial charge in [0.05, 0.1) is 12.1 Å². The molecule has 2 saturated carbocycles. The molecule has 0 heterocycles. The average molecular weight is 288 g/mol. The molecule has 3 rings (SSSR count). The number of hydrogen-bond acceptors (Lipinski definition) is 2. The van der Waals surface area contributed by atoms with Gasteiger partial charge in [-0.2, -0.15) is 0 Å². The normalized spacial score (nSPS) is 22.2. The smallest absolute Gasteiger partial charge is 0.315 e. The molecule has 3 N–H and O–H groups in total. The van der Waals surface area contributed by atoms with Crippen LogP contribution < -0.4 is 10.6 Å². The van der Waals surface area contributed by atoms with Crippen LogP contribution in [0.4, 0.5) is 4.79 Å².